The van der Waals surface area contributed by atoms with E-state index >= 15 is 0 Å². The summed E-state index contributed by atoms with van der Waals surface area (Å²) in [5, 5.41) is 3.01. The zero-order valence-electron chi connectivity index (χ0n) is 15.8. The molecule has 0 aromatic carbocycles. The second kappa shape index (κ2) is 6.92. The van der Waals surface area contributed by atoms with E-state index in [1.807, 2.05) is 6.92 Å². The van der Waals surface area contributed by atoms with E-state index in [-0.39, 0.29) is 19.3 Å². The maximum atomic E-state index is 12.6. The van der Waals surface area contributed by atoms with Gasteiger partial charge in [0.05, 0.1) is 0 Å². The maximum absolute atomic E-state index is 12.6. The fourth-order valence-corrected chi connectivity index (χ4v) is 5.99. The normalized spacial score (nSPS) is 34.4. The molecule has 0 aromatic rings. The Bertz CT molecular complexity index is 520. The SMILES string of the molecule is CCC(=O)NC1CC(C(=O)N2CC3(CCC(C4CCCCC4)C3)C2)C1.[HH]. The Morgan fingerprint density at radius 2 is 1.80 bits per heavy atom. The van der Waals surface area contributed by atoms with Gasteiger partial charge in [-0.05, 0) is 43.9 Å². The molecular weight excluding hydrogens is 312 g/mol. The standard InChI is InChI=1S/C21H34N2O2.H2/c1-2-19(24)22-18-10-17(11-18)20(25)23-13-21(14-23)9-8-16(12-21)15-6-4-3-5-7-15;/h15-18H,2-14H2,1H3,(H,22,24);1H. The minimum absolute atomic E-state index is 0. The van der Waals surface area contributed by atoms with E-state index in [1.54, 1.807) is 0 Å². The molecule has 4 nitrogen and oxygen atoms in total. The molecule has 3 saturated carbocycles. The Hall–Kier alpha value is -1.06. The van der Waals surface area contributed by atoms with E-state index in [0.29, 0.717) is 17.7 Å². The first-order chi connectivity index (χ1) is 12.1. The largest absolute Gasteiger partial charge is 0.353 e. The van der Waals surface area contributed by atoms with Crippen molar-refractivity contribution < 1.29 is 11.0 Å². The van der Waals surface area contributed by atoms with Gasteiger partial charge in [0.15, 0.2) is 0 Å². The first-order valence-corrected chi connectivity index (χ1v) is 10.7. The molecule has 4 aliphatic rings. The highest BCUT2D eigenvalue weighted by Crippen LogP contribution is 2.53. The molecule has 142 valence electrons. The molecule has 3 aliphatic carbocycles. The lowest BCUT2D eigenvalue weighted by molar-refractivity contribution is -0.152. The first kappa shape index (κ1) is 17.4. The monoisotopic (exact) mass is 348 g/mol. The number of likely N-dealkylation sites (tertiary alicyclic amines) is 1. The summed E-state index contributed by atoms with van der Waals surface area (Å²) in [6.07, 6.45) is 13.6. The van der Waals surface area contributed by atoms with E-state index in [2.05, 4.69) is 10.2 Å². The summed E-state index contributed by atoms with van der Waals surface area (Å²) in [7, 11) is 0. The third kappa shape index (κ3) is 3.46. The topological polar surface area (TPSA) is 49.4 Å². The summed E-state index contributed by atoms with van der Waals surface area (Å²) < 4.78 is 0. The van der Waals surface area contributed by atoms with Gasteiger partial charge in [-0.15, -0.1) is 0 Å². The van der Waals surface area contributed by atoms with E-state index in [9.17, 15) is 9.59 Å². The summed E-state index contributed by atoms with van der Waals surface area (Å²) in [6, 6.07) is 0.235. The number of amides is 2. The summed E-state index contributed by atoms with van der Waals surface area (Å²) in [5.74, 6) is 2.55. The van der Waals surface area contributed by atoms with Crippen LogP contribution in [0.25, 0.3) is 0 Å². The molecular formula is C21H36N2O2. The number of carbonyl (C=O) groups is 2. The van der Waals surface area contributed by atoms with Crippen molar-refractivity contribution in [2.24, 2.45) is 23.2 Å². The predicted molar refractivity (Wildman–Crippen MR) is 100.0 cm³/mol. The molecule has 2 amide bonds. The van der Waals surface area contributed by atoms with Gasteiger partial charge >= 0.3 is 0 Å². The summed E-state index contributed by atoms with van der Waals surface area (Å²) in [6.45, 7) is 3.90. The third-order valence-corrected chi connectivity index (χ3v) is 7.59. The Balaban J connectivity index is 0.00000196. The lowest BCUT2D eigenvalue weighted by Crippen LogP contribution is -2.61. The first-order valence-electron chi connectivity index (χ1n) is 10.7. The summed E-state index contributed by atoms with van der Waals surface area (Å²) in [4.78, 5) is 26.2. The lowest BCUT2D eigenvalue weighted by atomic mass is 9.72. The molecule has 4 rings (SSSR count). The van der Waals surface area contributed by atoms with Gasteiger partial charge in [-0.25, -0.2) is 0 Å². The van der Waals surface area contributed by atoms with Gasteiger partial charge in [-0.3, -0.25) is 9.59 Å². The van der Waals surface area contributed by atoms with Gasteiger partial charge in [0.1, 0.15) is 0 Å². The van der Waals surface area contributed by atoms with Crippen LogP contribution in [0.1, 0.15) is 79.0 Å². The van der Waals surface area contributed by atoms with Crippen LogP contribution in [0.15, 0.2) is 0 Å². The van der Waals surface area contributed by atoms with Crippen molar-refractivity contribution in [1.29, 1.82) is 0 Å². The molecule has 4 heteroatoms. The Kier molecular flexibility index (Phi) is 4.81. The molecule has 0 radical (unpaired) electrons. The van der Waals surface area contributed by atoms with Crippen LogP contribution >= 0.6 is 0 Å². The molecule has 1 aliphatic heterocycles. The highest BCUT2D eigenvalue weighted by molar-refractivity contribution is 5.82. The highest BCUT2D eigenvalue weighted by atomic mass is 16.2. The number of nitrogens with one attached hydrogen (secondary N) is 1. The molecule has 1 N–H and O–H groups in total. The second-order valence-electron chi connectivity index (χ2n) is 9.38. The van der Waals surface area contributed by atoms with Gasteiger partial charge in [0.2, 0.25) is 11.8 Å². The predicted octanol–water partition coefficient (Wildman–Crippen LogP) is 3.75. The quantitative estimate of drug-likeness (QED) is 0.841. The Morgan fingerprint density at radius 3 is 2.48 bits per heavy atom. The lowest BCUT2D eigenvalue weighted by Gasteiger charge is -2.51. The van der Waals surface area contributed by atoms with Gasteiger partial charge in [-0.2, -0.15) is 0 Å². The molecule has 0 aromatic heterocycles. The van der Waals surface area contributed by atoms with Gasteiger partial charge in [-0.1, -0.05) is 39.0 Å². The van der Waals surface area contributed by atoms with Crippen molar-refractivity contribution in [3.63, 3.8) is 0 Å². The van der Waals surface area contributed by atoms with Crippen LogP contribution in [-0.4, -0.2) is 35.8 Å². The zero-order valence-corrected chi connectivity index (χ0v) is 15.8. The molecule has 1 spiro atoms. The molecule has 1 unspecified atom stereocenters. The van der Waals surface area contributed by atoms with Crippen LogP contribution < -0.4 is 5.32 Å². The Labute approximate surface area is 153 Å². The molecule has 0 bridgehead atoms. The fourth-order valence-electron chi connectivity index (χ4n) is 5.99. The molecule has 25 heavy (non-hydrogen) atoms. The minimum atomic E-state index is 0. The maximum Gasteiger partial charge on any atom is 0.225 e. The van der Waals surface area contributed by atoms with Crippen molar-refractivity contribution in [2.75, 3.05) is 13.1 Å². The van der Waals surface area contributed by atoms with Crippen LogP contribution in [0.3, 0.4) is 0 Å². The van der Waals surface area contributed by atoms with Gasteiger partial charge < -0.3 is 10.2 Å². The average Bonchev–Trinajstić information content (AvgIpc) is 3.02. The van der Waals surface area contributed by atoms with Crippen LogP contribution in [0.5, 0.6) is 0 Å². The zero-order chi connectivity index (χ0) is 17.4. The molecule has 1 heterocycles. The van der Waals surface area contributed by atoms with Gasteiger partial charge in [0, 0.05) is 38.3 Å². The number of rotatable bonds is 4. The number of carbonyl (C=O) groups excluding carboxylic acids is 2. The Morgan fingerprint density at radius 1 is 1.08 bits per heavy atom. The number of nitrogens with zero attached hydrogens (tertiary/aromatic N) is 1. The molecule has 1 saturated heterocycles. The number of hydrogen-bond acceptors (Lipinski definition) is 2. The number of hydrogen-bond donors (Lipinski definition) is 1. The smallest absolute Gasteiger partial charge is 0.225 e. The second-order valence-corrected chi connectivity index (χ2v) is 9.38. The van der Waals surface area contributed by atoms with Crippen molar-refractivity contribution in [3.8, 4) is 0 Å². The molecule has 1 atom stereocenters. The fraction of sp³-hybridized carbons (Fsp3) is 0.905. The highest BCUT2D eigenvalue weighted by Gasteiger charge is 2.52. The summed E-state index contributed by atoms with van der Waals surface area (Å²) in [5.41, 5.74) is 0.470. The van der Waals surface area contributed by atoms with Crippen molar-refractivity contribution >= 4 is 11.8 Å². The van der Waals surface area contributed by atoms with Crippen molar-refractivity contribution in [2.45, 2.75) is 83.6 Å². The summed E-state index contributed by atoms with van der Waals surface area (Å²) >= 11 is 0. The van der Waals surface area contributed by atoms with Gasteiger partial charge in [0.25, 0.3) is 0 Å². The van der Waals surface area contributed by atoms with Crippen LogP contribution in [0, 0.1) is 23.2 Å². The van der Waals surface area contributed by atoms with Crippen LogP contribution in [-0.2, 0) is 9.59 Å². The van der Waals surface area contributed by atoms with Crippen LogP contribution in [0.2, 0.25) is 0 Å². The third-order valence-electron chi connectivity index (χ3n) is 7.59. The van der Waals surface area contributed by atoms with E-state index in [0.717, 1.165) is 37.8 Å². The van der Waals surface area contributed by atoms with Crippen molar-refractivity contribution in [3.05, 3.63) is 0 Å². The van der Waals surface area contributed by atoms with E-state index < -0.39 is 0 Å². The minimum Gasteiger partial charge on any atom is -0.353 e. The van der Waals surface area contributed by atoms with E-state index in [4.69, 9.17) is 0 Å². The average molecular weight is 349 g/mol. The van der Waals surface area contributed by atoms with E-state index in [1.165, 1.54) is 51.4 Å². The van der Waals surface area contributed by atoms with Crippen molar-refractivity contribution in [1.82, 2.24) is 10.2 Å². The molecule has 4 fully saturated rings. The van der Waals surface area contributed by atoms with Crippen LogP contribution in [0.4, 0.5) is 0 Å².